The van der Waals surface area contributed by atoms with Crippen LogP contribution in [0.5, 0.6) is 17.2 Å². The number of aliphatic hydroxyl groups excluding tert-OH is 1. The zero-order valence-corrected chi connectivity index (χ0v) is 23.6. The van der Waals surface area contributed by atoms with E-state index in [0.717, 1.165) is 11.1 Å². The largest absolute Gasteiger partial charge is 0.507 e. The van der Waals surface area contributed by atoms with Gasteiger partial charge in [0.2, 0.25) is 0 Å². The molecular formula is C30H39NO7. The molecule has 38 heavy (non-hydrogen) atoms. The Labute approximate surface area is 225 Å². The Morgan fingerprint density at radius 1 is 0.974 bits per heavy atom. The normalized spacial score (nSPS) is 17.0. The van der Waals surface area contributed by atoms with Crippen molar-refractivity contribution in [1.29, 1.82) is 0 Å². The van der Waals surface area contributed by atoms with Gasteiger partial charge in [0.15, 0.2) is 11.5 Å². The summed E-state index contributed by atoms with van der Waals surface area (Å²) in [5.74, 6) is 0.234. The van der Waals surface area contributed by atoms with Gasteiger partial charge in [0.25, 0.3) is 11.7 Å². The van der Waals surface area contributed by atoms with Crippen LogP contribution in [0.25, 0.3) is 5.76 Å². The number of carbonyl (C=O) groups is 2. The Morgan fingerprint density at radius 2 is 1.66 bits per heavy atom. The zero-order chi connectivity index (χ0) is 28.1. The third-order valence-corrected chi connectivity index (χ3v) is 6.61. The maximum absolute atomic E-state index is 13.4. The van der Waals surface area contributed by atoms with Crippen LogP contribution in [-0.2, 0) is 14.3 Å². The van der Waals surface area contributed by atoms with Gasteiger partial charge in [-0.2, -0.15) is 0 Å². The number of rotatable bonds is 11. The fourth-order valence-electron chi connectivity index (χ4n) is 4.77. The van der Waals surface area contributed by atoms with Crippen molar-refractivity contribution in [2.24, 2.45) is 0 Å². The van der Waals surface area contributed by atoms with Gasteiger partial charge in [-0.25, -0.2) is 0 Å². The van der Waals surface area contributed by atoms with Crippen LogP contribution in [0.3, 0.4) is 0 Å². The van der Waals surface area contributed by atoms with Gasteiger partial charge in [0.05, 0.1) is 31.9 Å². The second-order valence-electron chi connectivity index (χ2n) is 9.98. The zero-order valence-electron chi connectivity index (χ0n) is 23.6. The van der Waals surface area contributed by atoms with Crippen LogP contribution in [-0.4, -0.2) is 62.3 Å². The molecule has 1 aliphatic heterocycles. The highest BCUT2D eigenvalue weighted by Gasteiger charge is 2.46. The van der Waals surface area contributed by atoms with E-state index >= 15 is 0 Å². The Kier molecular flexibility index (Phi) is 9.44. The number of aryl methyl sites for hydroxylation is 1. The molecule has 1 saturated heterocycles. The van der Waals surface area contributed by atoms with E-state index in [1.54, 1.807) is 32.4 Å². The molecule has 1 aliphatic rings. The first kappa shape index (κ1) is 29.0. The molecular weight excluding hydrogens is 486 g/mol. The summed E-state index contributed by atoms with van der Waals surface area (Å²) >= 11 is 0. The molecule has 3 rings (SSSR count). The lowest BCUT2D eigenvalue weighted by Gasteiger charge is -2.26. The first-order valence-electron chi connectivity index (χ1n) is 12.9. The molecule has 8 nitrogen and oxygen atoms in total. The number of carbonyl (C=O) groups excluding carboxylic acids is 2. The highest BCUT2D eigenvalue weighted by molar-refractivity contribution is 6.46. The van der Waals surface area contributed by atoms with Crippen LogP contribution >= 0.6 is 0 Å². The van der Waals surface area contributed by atoms with Crippen molar-refractivity contribution >= 4 is 17.4 Å². The van der Waals surface area contributed by atoms with Crippen LogP contribution < -0.4 is 14.2 Å². The van der Waals surface area contributed by atoms with E-state index in [-0.39, 0.29) is 29.9 Å². The van der Waals surface area contributed by atoms with Crippen LogP contribution in [0.2, 0.25) is 0 Å². The van der Waals surface area contributed by atoms with E-state index in [2.05, 4.69) is 0 Å². The van der Waals surface area contributed by atoms with Gasteiger partial charge in [0.1, 0.15) is 11.5 Å². The number of nitrogens with zero attached hydrogens (tertiary/aromatic N) is 1. The summed E-state index contributed by atoms with van der Waals surface area (Å²) in [5.41, 5.74) is 2.77. The summed E-state index contributed by atoms with van der Waals surface area (Å²) in [4.78, 5) is 28.2. The quantitative estimate of drug-likeness (QED) is 0.182. The SMILES string of the molecule is COCCCN1C(=O)C(=O)/C(=C(/O)c2cc(C(C)C)c(OC)cc2C)C1c1ccc(OC(C)C)c(OC)c1. The number of hydrogen-bond acceptors (Lipinski definition) is 7. The Hall–Kier alpha value is -3.52. The summed E-state index contributed by atoms with van der Waals surface area (Å²) in [6.07, 6.45) is 0.466. The summed E-state index contributed by atoms with van der Waals surface area (Å²) < 4.78 is 22.2. The van der Waals surface area contributed by atoms with E-state index in [0.29, 0.717) is 41.4 Å². The average Bonchev–Trinajstić information content (AvgIpc) is 3.13. The first-order chi connectivity index (χ1) is 18.0. The van der Waals surface area contributed by atoms with Gasteiger partial charge >= 0.3 is 0 Å². The molecule has 0 saturated carbocycles. The van der Waals surface area contributed by atoms with E-state index < -0.39 is 17.7 Å². The van der Waals surface area contributed by atoms with Gasteiger partial charge in [-0.15, -0.1) is 0 Å². The highest BCUT2D eigenvalue weighted by atomic mass is 16.5. The highest BCUT2D eigenvalue weighted by Crippen LogP contribution is 2.43. The summed E-state index contributed by atoms with van der Waals surface area (Å²) in [7, 11) is 4.73. The molecule has 0 aliphatic carbocycles. The van der Waals surface area contributed by atoms with Crippen molar-refractivity contribution in [2.45, 2.75) is 59.1 Å². The van der Waals surface area contributed by atoms with Crippen molar-refractivity contribution in [3.63, 3.8) is 0 Å². The number of methoxy groups -OCH3 is 3. The molecule has 1 amide bonds. The molecule has 2 aromatic carbocycles. The van der Waals surface area contributed by atoms with Crippen LogP contribution in [0, 0.1) is 6.92 Å². The number of likely N-dealkylation sites (tertiary alicyclic amines) is 1. The number of hydrogen-bond donors (Lipinski definition) is 1. The van der Waals surface area contributed by atoms with Crippen molar-refractivity contribution in [3.05, 3.63) is 58.2 Å². The molecule has 1 atom stereocenters. The molecule has 2 aromatic rings. The number of amides is 1. The van der Waals surface area contributed by atoms with Gasteiger partial charge in [-0.1, -0.05) is 19.9 Å². The van der Waals surface area contributed by atoms with Gasteiger partial charge in [-0.3, -0.25) is 9.59 Å². The molecule has 0 aromatic heterocycles. The maximum atomic E-state index is 13.4. The topological polar surface area (TPSA) is 94.5 Å². The van der Waals surface area contributed by atoms with E-state index in [1.165, 1.54) is 12.0 Å². The van der Waals surface area contributed by atoms with Crippen molar-refractivity contribution in [1.82, 2.24) is 4.90 Å². The first-order valence-corrected chi connectivity index (χ1v) is 12.9. The van der Waals surface area contributed by atoms with Crippen LogP contribution in [0.1, 0.15) is 68.3 Å². The van der Waals surface area contributed by atoms with Crippen molar-refractivity contribution in [2.75, 3.05) is 34.5 Å². The fourth-order valence-corrected chi connectivity index (χ4v) is 4.77. The molecule has 1 fully saturated rings. The van der Waals surface area contributed by atoms with E-state index in [4.69, 9.17) is 18.9 Å². The average molecular weight is 526 g/mol. The number of aliphatic hydroxyl groups is 1. The molecule has 1 N–H and O–H groups in total. The second kappa shape index (κ2) is 12.3. The minimum absolute atomic E-state index is 0.0370. The summed E-state index contributed by atoms with van der Waals surface area (Å²) in [5, 5.41) is 11.6. The van der Waals surface area contributed by atoms with E-state index in [9.17, 15) is 14.7 Å². The second-order valence-corrected chi connectivity index (χ2v) is 9.98. The lowest BCUT2D eigenvalue weighted by Crippen LogP contribution is -2.31. The van der Waals surface area contributed by atoms with Crippen molar-refractivity contribution < 1.29 is 33.6 Å². The molecule has 0 bridgehead atoms. The lowest BCUT2D eigenvalue weighted by atomic mass is 9.91. The van der Waals surface area contributed by atoms with Gasteiger partial charge < -0.3 is 29.0 Å². The number of benzene rings is 2. The summed E-state index contributed by atoms with van der Waals surface area (Å²) in [6.45, 7) is 10.4. The Bertz CT molecular complexity index is 1220. The summed E-state index contributed by atoms with van der Waals surface area (Å²) in [6, 6.07) is 8.19. The molecule has 8 heteroatoms. The minimum Gasteiger partial charge on any atom is -0.507 e. The molecule has 0 spiro atoms. The Balaban J connectivity index is 2.24. The van der Waals surface area contributed by atoms with Gasteiger partial charge in [-0.05, 0) is 74.1 Å². The molecule has 206 valence electrons. The number of ether oxygens (including phenoxy) is 4. The number of Topliss-reactive ketones (excluding diaryl/α,β-unsaturated/α-hetero) is 1. The van der Waals surface area contributed by atoms with Crippen LogP contribution in [0.4, 0.5) is 0 Å². The lowest BCUT2D eigenvalue weighted by molar-refractivity contribution is -0.140. The predicted molar refractivity (Wildman–Crippen MR) is 146 cm³/mol. The van der Waals surface area contributed by atoms with Crippen molar-refractivity contribution in [3.8, 4) is 17.2 Å². The standard InChI is InChI=1S/C30H39NO7/c1-17(2)21-16-22(19(5)14-24(21)36-7)28(32)26-27(31(12-9-13-35-6)30(34)29(26)33)20-10-11-23(38-18(3)4)25(15-20)37-8/h10-11,14-18,27,32H,9,12-13H2,1-8H3/b28-26+. The smallest absolute Gasteiger partial charge is 0.295 e. The third kappa shape index (κ3) is 5.80. The minimum atomic E-state index is -0.808. The monoisotopic (exact) mass is 525 g/mol. The molecule has 0 radical (unpaired) electrons. The molecule has 1 heterocycles. The van der Waals surface area contributed by atoms with E-state index in [1.807, 2.05) is 46.8 Å². The fraction of sp³-hybridized carbons (Fsp3) is 0.467. The van der Waals surface area contributed by atoms with Crippen LogP contribution in [0.15, 0.2) is 35.9 Å². The number of ketones is 1. The Morgan fingerprint density at radius 3 is 2.24 bits per heavy atom. The molecule has 1 unspecified atom stereocenters. The maximum Gasteiger partial charge on any atom is 0.295 e. The van der Waals surface area contributed by atoms with Gasteiger partial charge in [0, 0.05) is 25.8 Å². The predicted octanol–water partition coefficient (Wildman–Crippen LogP) is 5.38. The third-order valence-electron chi connectivity index (χ3n) is 6.61.